The number of esters is 1. The summed E-state index contributed by atoms with van der Waals surface area (Å²) in [6, 6.07) is 7.66. The lowest BCUT2D eigenvalue weighted by atomic mass is 10.2. The van der Waals surface area contributed by atoms with E-state index in [4.69, 9.17) is 14.0 Å². The first-order chi connectivity index (χ1) is 11.6. The van der Waals surface area contributed by atoms with E-state index in [-0.39, 0.29) is 6.61 Å². The Balaban J connectivity index is 1.69. The molecule has 0 bridgehead atoms. The second kappa shape index (κ2) is 6.84. The Hall–Kier alpha value is -2.67. The molecule has 0 aliphatic carbocycles. The average molecular weight is 344 g/mol. The second-order valence-corrected chi connectivity index (χ2v) is 6.01. The van der Waals surface area contributed by atoms with E-state index < -0.39 is 5.97 Å². The van der Waals surface area contributed by atoms with E-state index in [9.17, 15) is 4.79 Å². The number of carbonyl (C=O) groups excluding carboxylic acids is 1. The molecule has 0 N–H and O–H groups in total. The Bertz CT molecular complexity index is 850. The fraction of sp³-hybridized carbons (Fsp3) is 0.235. The molecular weight excluding hydrogens is 328 g/mol. The average Bonchev–Trinajstić information content (AvgIpc) is 3.19. The number of aryl methyl sites for hydroxylation is 2. The molecule has 3 aromatic rings. The Kier molecular flexibility index (Phi) is 4.61. The molecule has 0 fully saturated rings. The largest absolute Gasteiger partial charge is 0.497 e. The highest BCUT2D eigenvalue weighted by Crippen LogP contribution is 2.27. The Morgan fingerprint density at radius 3 is 2.88 bits per heavy atom. The van der Waals surface area contributed by atoms with Crippen molar-refractivity contribution >= 4 is 17.3 Å². The number of hydrogen-bond acceptors (Lipinski definition) is 7. The van der Waals surface area contributed by atoms with Crippen LogP contribution in [0, 0.1) is 13.8 Å². The molecule has 0 radical (unpaired) electrons. The van der Waals surface area contributed by atoms with Gasteiger partial charge in [-0.25, -0.2) is 9.78 Å². The Labute approximate surface area is 143 Å². The summed E-state index contributed by atoms with van der Waals surface area (Å²) in [4.78, 5) is 16.6. The normalized spacial score (nSPS) is 10.6. The van der Waals surface area contributed by atoms with Crippen LogP contribution in [0.2, 0.25) is 0 Å². The summed E-state index contributed by atoms with van der Waals surface area (Å²) in [5.41, 5.74) is 2.55. The van der Waals surface area contributed by atoms with Gasteiger partial charge >= 0.3 is 5.97 Å². The van der Waals surface area contributed by atoms with Gasteiger partial charge in [0, 0.05) is 10.9 Å². The minimum Gasteiger partial charge on any atom is -0.497 e. The molecule has 0 unspecified atom stereocenters. The number of benzene rings is 1. The minimum absolute atomic E-state index is 0.101. The van der Waals surface area contributed by atoms with Crippen LogP contribution < -0.4 is 4.74 Å². The van der Waals surface area contributed by atoms with E-state index in [0.29, 0.717) is 22.7 Å². The lowest BCUT2D eigenvalue weighted by molar-refractivity contribution is 0.0466. The van der Waals surface area contributed by atoms with Gasteiger partial charge in [0.05, 0.1) is 18.5 Å². The molecule has 6 nitrogen and oxygen atoms in total. The molecule has 2 aromatic heterocycles. The lowest BCUT2D eigenvalue weighted by Crippen LogP contribution is -2.07. The summed E-state index contributed by atoms with van der Waals surface area (Å²) in [7, 11) is 1.63. The van der Waals surface area contributed by atoms with Crippen LogP contribution in [0.1, 0.15) is 27.5 Å². The predicted molar refractivity (Wildman–Crippen MR) is 89.2 cm³/mol. The van der Waals surface area contributed by atoms with E-state index in [0.717, 1.165) is 16.3 Å². The van der Waals surface area contributed by atoms with Gasteiger partial charge in [0.25, 0.3) is 0 Å². The van der Waals surface area contributed by atoms with E-state index in [1.807, 2.05) is 29.6 Å². The maximum Gasteiger partial charge on any atom is 0.344 e. The minimum atomic E-state index is -0.456. The fourth-order valence-corrected chi connectivity index (χ4v) is 3.05. The summed E-state index contributed by atoms with van der Waals surface area (Å²) in [5, 5.41) is 6.47. The van der Waals surface area contributed by atoms with Crippen LogP contribution in [0.4, 0.5) is 0 Å². The van der Waals surface area contributed by atoms with Gasteiger partial charge in [-0.2, -0.15) is 0 Å². The summed E-state index contributed by atoms with van der Waals surface area (Å²) in [6.45, 7) is 3.49. The maximum absolute atomic E-state index is 12.1. The SMILES string of the molecule is COc1cccc(-c2nc(COC(=O)c3c(C)noc3C)cs2)c1. The molecule has 7 heteroatoms. The van der Waals surface area contributed by atoms with Crippen molar-refractivity contribution in [2.24, 2.45) is 0 Å². The zero-order valence-electron chi connectivity index (χ0n) is 13.5. The predicted octanol–water partition coefficient (Wildman–Crippen LogP) is 3.78. The van der Waals surface area contributed by atoms with Gasteiger partial charge in [-0.3, -0.25) is 0 Å². The van der Waals surface area contributed by atoms with Crippen molar-refractivity contribution in [3.05, 3.63) is 52.4 Å². The number of nitrogens with zero attached hydrogens (tertiary/aromatic N) is 2. The smallest absolute Gasteiger partial charge is 0.344 e. The summed E-state index contributed by atoms with van der Waals surface area (Å²) >= 11 is 1.49. The van der Waals surface area contributed by atoms with Crippen molar-refractivity contribution in [1.82, 2.24) is 10.1 Å². The van der Waals surface area contributed by atoms with E-state index in [1.165, 1.54) is 11.3 Å². The summed E-state index contributed by atoms with van der Waals surface area (Å²) < 4.78 is 15.5. The highest BCUT2D eigenvalue weighted by molar-refractivity contribution is 7.13. The van der Waals surface area contributed by atoms with Gasteiger partial charge in [-0.1, -0.05) is 17.3 Å². The number of rotatable bonds is 5. The van der Waals surface area contributed by atoms with Gasteiger partial charge in [-0.15, -0.1) is 11.3 Å². The highest BCUT2D eigenvalue weighted by Gasteiger charge is 2.19. The van der Waals surface area contributed by atoms with Crippen LogP contribution in [0.5, 0.6) is 5.75 Å². The van der Waals surface area contributed by atoms with Crippen molar-refractivity contribution in [3.8, 4) is 16.3 Å². The molecule has 1 aromatic carbocycles. The van der Waals surface area contributed by atoms with Crippen LogP contribution in [0.25, 0.3) is 10.6 Å². The standard InChI is InChI=1S/C17H16N2O4S/c1-10-15(11(2)23-19-10)17(20)22-8-13-9-24-16(18-13)12-5-4-6-14(7-12)21-3/h4-7,9H,8H2,1-3H3. The second-order valence-electron chi connectivity index (χ2n) is 5.15. The van der Waals surface area contributed by atoms with Crippen LogP contribution in [-0.2, 0) is 11.3 Å². The molecule has 0 amide bonds. The van der Waals surface area contributed by atoms with Crippen molar-refractivity contribution in [2.75, 3.05) is 7.11 Å². The molecule has 0 atom stereocenters. The topological polar surface area (TPSA) is 74.5 Å². The number of thiazole rings is 1. The van der Waals surface area contributed by atoms with Gasteiger partial charge in [0.2, 0.25) is 0 Å². The first-order valence-electron chi connectivity index (χ1n) is 7.27. The number of ether oxygens (including phenoxy) is 2. The van der Waals surface area contributed by atoms with Crippen molar-refractivity contribution in [3.63, 3.8) is 0 Å². The molecule has 124 valence electrons. The van der Waals surface area contributed by atoms with Crippen LogP contribution in [-0.4, -0.2) is 23.2 Å². The quantitative estimate of drug-likeness (QED) is 0.656. The number of carbonyl (C=O) groups is 1. The third-order valence-electron chi connectivity index (χ3n) is 3.46. The van der Waals surface area contributed by atoms with Crippen LogP contribution in [0.3, 0.4) is 0 Å². The monoisotopic (exact) mass is 344 g/mol. The van der Waals surface area contributed by atoms with Crippen molar-refractivity contribution in [2.45, 2.75) is 20.5 Å². The lowest BCUT2D eigenvalue weighted by Gasteiger charge is -2.02. The zero-order chi connectivity index (χ0) is 17.1. The molecule has 24 heavy (non-hydrogen) atoms. The van der Waals surface area contributed by atoms with Gasteiger partial charge in [0.1, 0.15) is 28.7 Å². The van der Waals surface area contributed by atoms with Crippen molar-refractivity contribution in [1.29, 1.82) is 0 Å². The Morgan fingerprint density at radius 1 is 1.33 bits per heavy atom. The van der Waals surface area contributed by atoms with Gasteiger partial charge in [-0.05, 0) is 26.0 Å². The van der Waals surface area contributed by atoms with Gasteiger partial charge in [0.15, 0.2) is 0 Å². The first-order valence-corrected chi connectivity index (χ1v) is 8.15. The van der Waals surface area contributed by atoms with E-state index in [2.05, 4.69) is 10.1 Å². The highest BCUT2D eigenvalue weighted by atomic mass is 32.1. The molecule has 2 heterocycles. The third kappa shape index (κ3) is 3.30. The molecular formula is C17H16N2O4S. The molecule has 0 saturated carbocycles. The van der Waals surface area contributed by atoms with E-state index >= 15 is 0 Å². The Morgan fingerprint density at radius 2 is 2.17 bits per heavy atom. The molecule has 0 aliphatic heterocycles. The van der Waals surface area contributed by atoms with Gasteiger partial charge < -0.3 is 14.0 Å². The summed E-state index contributed by atoms with van der Waals surface area (Å²) in [5.74, 6) is 0.768. The van der Waals surface area contributed by atoms with Crippen LogP contribution in [0.15, 0.2) is 34.2 Å². The number of aromatic nitrogens is 2. The first kappa shape index (κ1) is 16.2. The molecule has 0 aliphatic rings. The van der Waals surface area contributed by atoms with Crippen molar-refractivity contribution < 1.29 is 18.8 Å². The summed E-state index contributed by atoms with van der Waals surface area (Å²) in [6.07, 6.45) is 0. The van der Waals surface area contributed by atoms with E-state index in [1.54, 1.807) is 21.0 Å². The molecule has 3 rings (SSSR count). The molecule has 0 spiro atoms. The number of hydrogen-bond donors (Lipinski definition) is 0. The molecule has 0 saturated heterocycles. The maximum atomic E-state index is 12.1. The zero-order valence-corrected chi connectivity index (χ0v) is 14.3. The number of methoxy groups -OCH3 is 1. The van der Waals surface area contributed by atoms with Crippen LogP contribution >= 0.6 is 11.3 Å². The fourth-order valence-electron chi connectivity index (χ4n) is 2.25. The third-order valence-corrected chi connectivity index (χ3v) is 4.40.